The monoisotopic (exact) mass is 334 g/mol. The molecule has 4 heteroatoms. The fraction of sp³-hybridized carbons (Fsp3) is 0.632. The summed E-state index contributed by atoms with van der Waals surface area (Å²) < 4.78 is 17.3. The molecule has 0 aromatic heterocycles. The minimum atomic E-state index is -0.913. The van der Waals surface area contributed by atoms with Crippen molar-refractivity contribution in [2.24, 2.45) is 16.7 Å². The highest BCUT2D eigenvalue weighted by atomic mass is 32.2. The SMILES string of the molecule is C[S@@](=O)Cc1cccc(C(=O)O[C@H]2C[C@H]3CC[C@@]2(C)C3(C)C)c1. The number of benzene rings is 1. The third-order valence-electron chi connectivity index (χ3n) is 6.50. The fourth-order valence-electron chi connectivity index (χ4n) is 4.53. The standard InChI is InChI=1S/C19H26O3S/c1-18(2)15-8-9-19(18,3)16(11-15)22-17(20)14-7-5-6-13(10-14)12-23(4)21/h5-7,10,15-16H,8-9,11-12H2,1-4H3/t15-,16+,19-,23-/m1/s1. The number of rotatable bonds is 4. The van der Waals surface area contributed by atoms with E-state index >= 15 is 0 Å². The first-order chi connectivity index (χ1) is 10.7. The summed E-state index contributed by atoms with van der Waals surface area (Å²) >= 11 is 0. The molecule has 3 nitrogen and oxygen atoms in total. The quantitative estimate of drug-likeness (QED) is 0.784. The first kappa shape index (κ1) is 16.7. The lowest BCUT2D eigenvalue weighted by molar-refractivity contribution is -0.0242. The molecule has 2 aliphatic carbocycles. The van der Waals surface area contributed by atoms with Crippen molar-refractivity contribution >= 4 is 16.8 Å². The summed E-state index contributed by atoms with van der Waals surface area (Å²) in [7, 11) is -0.913. The second-order valence-electron chi connectivity index (χ2n) is 7.92. The van der Waals surface area contributed by atoms with Crippen LogP contribution in [0.15, 0.2) is 24.3 Å². The lowest BCUT2D eigenvalue weighted by atomic mass is 9.70. The summed E-state index contributed by atoms with van der Waals surface area (Å²) in [4.78, 5) is 12.6. The number of carbonyl (C=O) groups is 1. The van der Waals surface area contributed by atoms with Crippen molar-refractivity contribution < 1.29 is 13.7 Å². The van der Waals surface area contributed by atoms with E-state index in [1.165, 1.54) is 6.42 Å². The Morgan fingerprint density at radius 3 is 2.65 bits per heavy atom. The normalized spacial score (nSPS) is 32.7. The summed E-state index contributed by atoms with van der Waals surface area (Å²) in [5.74, 6) is 0.875. The molecule has 3 rings (SSSR count). The summed E-state index contributed by atoms with van der Waals surface area (Å²) in [6.07, 6.45) is 5.04. The topological polar surface area (TPSA) is 43.4 Å². The molecule has 2 saturated carbocycles. The van der Waals surface area contributed by atoms with Crippen molar-refractivity contribution in [3.05, 3.63) is 35.4 Å². The predicted octanol–water partition coefficient (Wildman–Crippen LogP) is 3.94. The van der Waals surface area contributed by atoms with E-state index in [2.05, 4.69) is 20.8 Å². The van der Waals surface area contributed by atoms with Gasteiger partial charge >= 0.3 is 5.97 Å². The Hall–Kier alpha value is -1.16. The van der Waals surface area contributed by atoms with Crippen molar-refractivity contribution in [1.82, 2.24) is 0 Å². The highest BCUT2D eigenvalue weighted by molar-refractivity contribution is 7.83. The molecule has 4 atom stereocenters. The molecule has 0 heterocycles. The van der Waals surface area contributed by atoms with Crippen molar-refractivity contribution in [3.8, 4) is 0 Å². The van der Waals surface area contributed by atoms with Gasteiger partial charge in [0.05, 0.1) is 5.56 Å². The largest absolute Gasteiger partial charge is 0.458 e. The predicted molar refractivity (Wildman–Crippen MR) is 92.6 cm³/mol. The zero-order valence-corrected chi connectivity index (χ0v) is 15.2. The smallest absolute Gasteiger partial charge is 0.338 e. The van der Waals surface area contributed by atoms with Crippen LogP contribution >= 0.6 is 0 Å². The van der Waals surface area contributed by atoms with Crippen LogP contribution in [-0.2, 0) is 21.3 Å². The third kappa shape index (κ3) is 2.75. The second-order valence-corrected chi connectivity index (χ2v) is 9.36. The number of carbonyl (C=O) groups excluding carboxylic acids is 1. The van der Waals surface area contributed by atoms with Crippen LogP contribution in [0.2, 0.25) is 0 Å². The van der Waals surface area contributed by atoms with Gasteiger partial charge in [0.2, 0.25) is 0 Å². The van der Waals surface area contributed by atoms with Gasteiger partial charge in [-0.05, 0) is 48.3 Å². The van der Waals surface area contributed by atoms with Crippen LogP contribution in [0.5, 0.6) is 0 Å². The molecule has 23 heavy (non-hydrogen) atoms. The Bertz CT molecular complexity index is 652. The van der Waals surface area contributed by atoms with E-state index in [0.717, 1.165) is 18.4 Å². The molecular weight excluding hydrogens is 308 g/mol. The van der Waals surface area contributed by atoms with Crippen LogP contribution in [0.1, 0.15) is 56.0 Å². The van der Waals surface area contributed by atoms with Crippen molar-refractivity contribution in [2.75, 3.05) is 6.26 Å². The molecule has 0 radical (unpaired) electrons. The Kier molecular flexibility index (Phi) is 4.16. The van der Waals surface area contributed by atoms with E-state index in [9.17, 15) is 9.00 Å². The first-order valence-electron chi connectivity index (χ1n) is 8.34. The van der Waals surface area contributed by atoms with Crippen LogP contribution in [-0.4, -0.2) is 22.5 Å². The molecule has 0 unspecified atom stereocenters. The van der Waals surface area contributed by atoms with E-state index < -0.39 is 10.8 Å². The van der Waals surface area contributed by atoms with Crippen LogP contribution in [0, 0.1) is 16.7 Å². The molecule has 1 aromatic carbocycles. The Labute approximate surface area is 141 Å². The van der Waals surface area contributed by atoms with Crippen LogP contribution in [0.25, 0.3) is 0 Å². The molecule has 2 aliphatic rings. The van der Waals surface area contributed by atoms with Gasteiger partial charge in [0.25, 0.3) is 0 Å². The van der Waals surface area contributed by atoms with Crippen molar-refractivity contribution in [2.45, 2.75) is 51.9 Å². The summed E-state index contributed by atoms with van der Waals surface area (Å²) in [6, 6.07) is 7.33. The number of fused-ring (bicyclic) bond motifs is 2. The van der Waals surface area contributed by atoms with E-state index in [4.69, 9.17) is 4.74 Å². The van der Waals surface area contributed by atoms with Crippen LogP contribution < -0.4 is 0 Å². The average Bonchev–Trinajstić information content (AvgIpc) is 2.80. The van der Waals surface area contributed by atoms with Gasteiger partial charge in [-0.3, -0.25) is 4.21 Å². The molecule has 0 aliphatic heterocycles. The molecule has 0 spiro atoms. The van der Waals surface area contributed by atoms with E-state index in [1.807, 2.05) is 18.2 Å². The lowest BCUT2D eigenvalue weighted by Crippen LogP contribution is -2.38. The molecule has 126 valence electrons. The number of esters is 1. The molecule has 2 fully saturated rings. The third-order valence-corrected chi connectivity index (χ3v) is 7.24. The minimum absolute atomic E-state index is 0.00714. The fourth-order valence-corrected chi connectivity index (χ4v) is 5.18. The number of hydrogen-bond acceptors (Lipinski definition) is 3. The maximum atomic E-state index is 12.6. The summed E-state index contributed by atoms with van der Waals surface area (Å²) in [6.45, 7) is 6.90. The highest BCUT2D eigenvalue weighted by Crippen LogP contribution is 2.66. The lowest BCUT2D eigenvalue weighted by Gasteiger charge is -2.38. The van der Waals surface area contributed by atoms with Gasteiger partial charge in [0.1, 0.15) is 6.10 Å². The maximum Gasteiger partial charge on any atom is 0.338 e. The number of hydrogen-bond donors (Lipinski definition) is 0. The molecule has 0 N–H and O–H groups in total. The molecule has 1 aromatic rings. The molecular formula is C19H26O3S. The van der Waals surface area contributed by atoms with Gasteiger partial charge in [0, 0.05) is 28.2 Å². The summed E-state index contributed by atoms with van der Waals surface area (Å²) in [5.41, 5.74) is 1.80. The molecule has 0 saturated heterocycles. The molecule has 2 bridgehead atoms. The Balaban J connectivity index is 1.75. The van der Waals surface area contributed by atoms with Crippen molar-refractivity contribution in [1.29, 1.82) is 0 Å². The van der Waals surface area contributed by atoms with Gasteiger partial charge < -0.3 is 4.74 Å². The van der Waals surface area contributed by atoms with E-state index in [-0.39, 0.29) is 22.9 Å². The van der Waals surface area contributed by atoms with Crippen LogP contribution in [0.3, 0.4) is 0 Å². The first-order valence-corrected chi connectivity index (χ1v) is 10.1. The zero-order valence-electron chi connectivity index (χ0n) is 14.4. The van der Waals surface area contributed by atoms with Gasteiger partial charge in [-0.1, -0.05) is 32.9 Å². The zero-order chi connectivity index (χ0) is 16.8. The van der Waals surface area contributed by atoms with Gasteiger partial charge in [-0.2, -0.15) is 0 Å². The van der Waals surface area contributed by atoms with Gasteiger partial charge in [-0.25, -0.2) is 4.79 Å². The van der Waals surface area contributed by atoms with E-state index in [0.29, 0.717) is 17.2 Å². The Morgan fingerprint density at radius 1 is 1.35 bits per heavy atom. The number of ether oxygens (including phenoxy) is 1. The van der Waals surface area contributed by atoms with Crippen LogP contribution in [0.4, 0.5) is 0 Å². The van der Waals surface area contributed by atoms with Gasteiger partial charge in [0.15, 0.2) is 0 Å². The molecule has 0 amide bonds. The minimum Gasteiger partial charge on any atom is -0.458 e. The average molecular weight is 334 g/mol. The summed E-state index contributed by atoms with van der Waals surface area (Å²) in [5, 5.41) is 0. The Morgan fingerprint density at radius 2 is 2.09 bits per heavy atom. The van der Waals surface area contributed by atoms with E-state index in [1.54, 1.807) is 12.3 Å². The second kappa shape index (κ2) is 5.73. The maximum absolute atomic E-state index is 12.6. The van der Waals surface area contributed by atoms with Gasteiger partial charge in [-0.15, -0.1) is 0 Å². The van der Waals surface area contributed by atoms with Crippen molar-refractivity contribution in [3.63, 3.8) is 0 Å². The highest BCUT2D eigenvalue weighted by Gasteiger charge is 2.62.